The number of amides is 1. The fourth-order valence-corrected chi connectivity index (χ4v) is 3.62. The van der Waals surface area contributed by atoms with Crippen LogP contribution in [0.25, 0.3) is 0 Å². The molecule has 0 aromatic heterocycles. The second kappa shape index (κ2) is 6.71. The van der Waals surface area contributed by atoms with Gasteiger partial charge in [0.1, 0.15) is 0 Å². The van der Waals surface area contributed by atoms with Gasteiger partial charge in [0.15, 0.2) is 0 Å². The highest BCUT2D eigenvalue weighted by Gasteiger charge is 2.38. The molecule has 110 valence electrons. The summed E-state index contributed by atoms with van der Waals surface area (Å²) in [4.78, 5) is 14.3. The van der Waals surface area contributed by atoms with Crippen molar-refractivity contribution in [1.82, 2.24) is 10.2 Å². The van der Waals surface area contributed by atoms with Crippen molar-refractivity contribution in [2.45, 2.75) is 70.0 Å². The van der Waals surface area contributed by atoms with E-state index in [1.165, 1.54) is 25.7 Å². The first-order valence-electron chi connectivity index (χ1n) is 7.80. The third kappa shape index (κ3) is 4.18. The number of fused-ring (bicyclic) bond motifs is 2. The first-order chi connectivity index (χ1) is 9.06. The number of piperidine rings is 1. The summed E-state index contributed by atoms with van der Waals surface area (Å²) in [6.45, 7) is 2.87. The van der Waals surface area contributed by atoms with Gasteiger partial charge in [0, 0.05) is 31.1 Å². The van der Waals surface area contributed by atoms with Crippen LogP contribution in [0.3, 0.4) is 0 Å². The SMILES string of the molecule is CC(N)CCCC(=O)NCC1CC2CCC(C1)N2C. The first kappa shape index (κ1) is 14.8. The van der Waals surface area contributed by atoms with Gasteiger partial charge in [-0.3, -0.25) is 4.79 Å². The van der Waals surface area contributed by atoms with Crippen LogP contribution in [0.2, 0.25) is 0 Å². The fraction of sp³-hybridized carbons (Fsp3) is 0.933. The third-order valence-electron chi connectivity index (χ3n) is 4.85. The maximum absolute atomic E-state index is 11.7. The molecule has 19 heavy (non-hydrogen) atoms. The lowest BCUT2D eigenvalue weighted by Gasteiger charge is -2.36. The molecule has 2 rings (SSSR count). The van der Waals surface area contributed by atoms with Gasteiger partial charge < -0.3 is 16.0 Å². The topological polar surface area (TPSA) is 58.4 Å². The second-order valence-corrected chi connectivity index (χ2v) is 6.56. The molecule has 4 nitrogen and oxygen atoms in total. The van der Waals surface area contributed by atoms with Gasteiger partial charge >= 0.3 is 0 Å². The van der Waals surface area contributed by atoms with Crippen LogP contribution in [0.1, 0.15) is 51.9 Å². The van der Waals surface area contributed by atoms with Crippen molar-refractivity contribution in [2.75, 3.05) is 13.6 Å². The maximum Gasteiger partial charge on any atom is 0.220 e. The Labute approximate surface area is 117 Å². The van der Waals surface area contributed by atoms with Crippen LogP contribution in [-0.4, -0.2) is 42.5 Å². The molecular formula is C15H29N3O. The third-order valence-corrected chi connectivity index (χ3v) is 4.85. The van der Waals surface area contributed by atoms with Crippen molar-refractivity contribution in [3.8, 4) is 0 Å². The zero-order chi connectivity index (χ0) is 13.8. The van der Waals surface area contributed by atoms with Crippen molar-refractivity contribution in [2.24, 2.45) is 11.7 Å². The van der Waals surface area contributed by atoms with Crippen molar-refractivity contribution >= 4 is 5.91 Å². The molecule has 2 aliphatic heterocycles. The van der Waals surface area contributed by atoms with E-state index in [2.05, 4.69) is 17.3 Å². The summed E-state index contributed by atoms with van der Waals surface area (Å²) in [7, 11) is 2.26. The fourth-order valence-electron chi connectivity index (χ4n) is 3.62. The Bertz CT molecular complexity index is 292. The van der Waals surface area contributed by atoms with Gasteiger partial charge in [-0.1, -0.05) is 0 Å². The largest absolute Gasteiger partial charge is 0.356 e. The second-order valence-electron chi connectivity index (χ2n) is 6.56. The van der Waals surface area contributed by atoms with E-state index in [4.69, 9.17) is 5.73 Å². The Morgan fingerprint density at radius 1 is 1.37 bits per heavy atom. The number of hydrogen-bond donors (Lipinski definition) is 2. The molecule has 0 spiro atoms. The predicted molar refractivity (Wildman–Crippen MR) is 77.8 cm³/mol. The number of hydrogen-bond acceptors (Lipinski definition) is 3. The summed E-state index contributed by atoms with van der Waals surface area (Å²) >= 11 is 0. The van der Waals surface area contributed by atoms with Gasteiger partial charge in [-0.05, 0) is 58.4 Å². The van der Waals surface area contributed by atoms with Crippen LogP contribution in [0.4, 0.5) is 0 Å². The Morgan fingerprint density at radius 3 is 2.58 bits per heavy atom. The molecule has 0 saturated carbocycles. The normalized spacial score (nSPS) is 32.3. The highest BCUT2D eigenvalue weighted by molar-refractivity contribution is 5.75. The molecule has 1 amide bonds. The lowest BCUT2D eigenvalue weighted by molar-refractivity contribution is -0.121. The molecule has 3 N–H and O–H groups in total. The van der Waals surface area contributed by atoms with Crippen LogP contribution in [0, 0.1) is 5.92 Å². The zero-order valence-corrected chi connectivity index (χ0v) is 12.4. The summed E-state index contributed by atoms with van der Waals surface area (Å²) < 4.78 is 0. The lowest BCUT2D eigenvalue weighted by Crippen LogP contribution is -2.43. The summed E-state index contributed by atoms with van der Waals surface area (Å²) in [6.07, 6.45) is 7.68. The minimum atomic E-state index is 0.201. The first-order valence-corrected chi connectivity index (χ1v) is 7.80. The Morgan fingerprint density at radius 2 is 2.00 bits per heavy atom. The molecule has 3 unspecified atom stereocenters. The molecule has 4 heteroatoms. The predicted octanol–water partition coefficient (Wildman–Crippen LogP) is 1.49. The Kier molecular flexibility index (Phi) is 5.22. The van der Waals surface area contributed by atoms with E-state index in [1.54, 1.807) is 0 Å². The van der Waals surface area contributed by atoms with Crippen molar-refractivity contribution in [3.05, 3.63) is 0 Å². The number of rotatable bonds is 6. The van der Waals surface area contributed by atoms with Gasteiger partial charge in [-0.25, -0.2) is 0 Å². The molecular weight excluding hydrogens is 238 g/mol. The minimum Gasteiger partial charge on any atom is -0.356 e. The Balaban J connectivity index is 1.62. The molecule has 0 aliphatic carbocycles. The number of carbonyl (C=O) groups is 1. The van der Waals surface area contributed by atoms with E-state index < -0.39 is 0 Å². The molecule has 2 saturated heterocycles. The van der Waals surface area contributed by atoms with Crippen LogP contribution >= 0.6 is 0 Å². The van der Waals surface area contributed by atoms with E-state index in [1.807, 2.05) is 6.92 Å². The number of nitrogens with zero attached hydrogens (tertiary/aromatic N) is 1. The van der Waals surface area contributed by atoms with Gasteiger partial charge in [0.05, 0.1) is 0 Å². The van der Waals surface area contributed by atoms with Crippen molar-refractivity contribution in [3.63, 3.8) is 0 Å². The molecule has 2 aliphatic rings. The molecule has 0 radical (unpaired) electrons. The molecule has 3 atom stereocenters. The van der Waals surface area contributed by atoms with Crippen LogP contribution in [0.15, 0.2) is 0 Å². The quantitative estimate of drug-likeness (QED) is 0.766. The number of carbonyl (C=O) groups excluding carboxylic acids is 1. The maximum atomic E-state index is 11.7. The summed E-state index contributed by atoms with van der Waals surface area (Å²) in [5.41, 5.74) is 5.68. The van der Waals surface area contributed by atoms with Crippen molar-refractivity contribution in [1.29, 1.82) is 0 Å². The van der Waals surface area contributed by atoms with Gasteiger partial charge in [-0.2, -0.15) is 0 Å². The van der Waals surface area contributed by atoms with Gasteiger partial charge in [0.25, 0.3) is 0 Å². The average Bonchev–Trinajstić information content (AvgIpc) is 2.60. The lowest BCUT2D eigenvalue weighted by atomic mass is 9.91. The summed E-state index contributed by atoms with van der Waals surface area (Å²) in [5.74, 6) is 0.887. The molecule has 2 bridgehead atoms. The molecule has 0 aromatic rings. The monoisotopic (exact) mass is 267 g/mol. The minimum absolute atomic E-state index is 0.201. The van der Waals surface area contributed by atoms with Crippen LogP contribution < -0.4 is 11.1 Å². The van der Waals surface area contributed by atoms with Gasteiger partial charge in [-0.15, -0.1) is 0 Å². The van der Waals surface area contributed by atoms with E-state index in [9.17, 15) is 4.79 Å². The van der Waals surface area contributed by atoms with Crippen LogP contribution in [0.5, 0.6) is 0 Å². The highest BCUT2D eigenvalue weighted by Crippen LogP contribution is 2.36. The zero-order valence-electron chi connectivity index (χ0n) is 12.4. The summed E-state index contributed by atoms with van der Waals surface area (Å²) in [5, 5.41) is 3.11. The van der Waals surface area contributed by atoms with E-state index in [-0.39, 0.29) is 11.9 Å². The molecule has 2 fully saturated rings. The van der Waals surface area contributed by atoms with Crippen molar-refractivity contribution < 1.29 is 4.79 Å². The average molecular weight is 267 g/mol. The number of nitrogens with one attached hydrogen (secondary N) is 1. The summed E-state index contributed by atoms with van der Waals surface area (Å²) in [6, 6.07) is 1.73. The standard InChI is InChI=1S/C15H29N3O/c1-11(16)4-3-5-15(19)17-10-12-8-13-6-7-14(9-12)18(13)2/h11-14H,3-10,16H2,1-2H3,(H,17,19). The van der Waals surface area contributed by atoms with Gasteiger partial charge in [0.2, 0.25) is 5.91 Å². The van der Waals surface area contributed by atoms with E-state index in [0.29, 0.717) is 12.3 Å². The Hall–Kier alpha value is -0.610. The van der Waals surface area contributed by atoms with E-state index >= 15 is 0 Å². The smallest absolute Gasteiger partial charge is 0.220 e. The molecule has 2 heterocycles. The number of nitrogens with two attached hydrogens (primary N) is 1. The van der Waals surface area contributed by atoms with Crippen LogP contribution in [-0.2, 0) is 4.79 Å². The molecule has 0 aromatic carbocycles. The van der Waals surface area contributed by atoms with E-state index in [0.717, 1.165) is 31.5 Å². The highest BCUT2D eigenvalue weighted by atomic mass is 16.1.